The molecule has 0 saturated heterocycles. The van der Waals surface area contributed by atoms with Crippen LogP contribution in [-0.2, 0) is 7.05 Å². The molecule has 2 amide bonds. The van der Waals surface area contributed by atoms with Gasteiger partial charge < -0.3 is 5.32 Å². The molecule has 8 nitrogen and oxygen atoms in total. The van der Waals surface area contributed by atoms with Crippen LogP contribution in [0.4, 0.5) is 10.6 Å². The number of pyridine rings is 1. The Bertz CT molecular complexity index is 1080. The average Bonchev–Trinajstić information content (AvgIpc) is 3.27. The van der Waals surface area contributed by atoms with Crippen molar-refractivity contribution >= 4 is 22.8 Å². The summed E-state index contributed by atoms with van der Waals surface area (Å²) in [5, 5.41) is 18.1. The monoisotopic (exact) mass is 361 g/mol. The quantitative estimate of drug-likeness (QED) is 0.519. The maximum absolute atomic E-state index is 12.3. The fourth-order valence-corrected chi connectivity index (χ4v) is 2.89. The Morgan fingerprint density at radius 3 is 2.78 bits per heavy atom. The lowest BCUT2D eigenvalue weighted by atomic mass is 10.1. The fourth-order valence-electron chi connectivity index (χ4n) is 2.89. The maximum atomic E-state index is 12.3. The third-order valence-corrected chi connectivity index (χ3v) is 4.29. The molecule has 0 saturated carbocycles. The van der Waals surface area contributed by atoms with Crippen LogP contribution in [0.5, 0.6) is 0 Å². The second kappa shape index (κ2) is 6.91. The summed E-state index contributed by atoms with van der Waals surface area (Å²) in [6.45, 7) is 1.93. The molecule has 0 aliphatic carbocycles. The Morgan fingerprint density at radius 2 is 2.04 bits per heavy atom. The number of amides is 2. The molecule has 0 spiro atoms. The van der Waals surface area contributed by atoms with Crippen molar-refractivity contribution in [1.29, 1.82) is 0 Å². The molecule has 3 N–H and O–H groups in total. The molecule has 4 rings (SSSR count). The summed E-state index contributed by atoms with van der Waals surface area (Å²) in [5.41, 5.74) is 3.30. The molecule has 3 heterocycles. The number of aryl methyl sites for hydroxylation is 1. The van der Waals surface area contributed by atoms with Gasteiger partial charge >= 0.3 is 6.03 Å². The molecule has 0 radical (unpaired) electrons. The minimum Gasteiger partial charge on any atom is -0.331 e. The smallest absolute Gasteiger partial charge is 0.320 e. The summed E-state index contributed by atoms with van der Waals surface area (Å²) in [5.74, 6) is 0.441. The lowest BCUT2D eigenvalue weighted by Gasteiger charge is -2.14. The number of benzene rings is 1. The van der Waals surface area contributed by atoms with Crippen molar-refractivity contribution in [1.82, 2.24) is 30.3 Å². The molecule has 0 aliphatic heterocycles. The molecule has 0 aliphatic rings. The molecule has 0 bridgehead atoms. The molecule has 8 heteroatoms. The van der Waals surface area contributed by atoms with E-state index in [9.17, 15) is 4.79 Å². The molecule has 27 heavy (non-hydrogen) atoms. The van der Waals surface area contributed by atoms with Crippen LogP contribution in [0.25, 0.3) is 22.3 Å². The first-order chi connectivity index (χ1) is 13.1. The predicted molar refractivity (Wildman–Crippen MR) is 103 cm³/mol. The van der Waals surface area contributed by atoms with E-state index in [4.69, 9.17) is 0 Å². The minimum atomic E-state index is -0.317. The number of fused-ring (bicyclic) bond motifs is 1. The summed E-state index contributed by atoms with van der Waals surface area (Å²) in [7, 11) is 1.85. The second-order valence-corrected chi connectivity index (χ2v) is 6.29. The third-order valence-electron chi connectivity index (χ3n) is 4.29. The van der Waals surface area contributed by atoms with E-state index in [1.165, 1.54) is 0 Å². The molecule has 1 aromatic carbocycles. The van der Waals surface area contributed by atoms with Gasteiger partial charge in [-0.1, -0.05) is 30.3 Å². The van der Waals surface area contributed by atoms with Gasteiger partial charge in [-0.15, -0.1) is 0 Å². The van der Waals surface area contributed by atoms with E-state index >= 15 is 0 Å². The summed E-state index contributed by atoms with van der Waals surface area (Å²) < 4.78 is 1.72. The van der Waals surface area contributed by atoms with Crippen LogP contribution >= 0.6 is 0 Å². The maximum Gasteiger partial charge on any atom is 0.320 e. The van der Waals surface area contributed by atoms with Gasteiger partial charge in [-0.3, -0.25) is 15.1 Å². The van der Waals surface area contributed by atoms with Crippen LogP contribution in [0.1, 0.15) is 18.5 Å². The van der Waals surface area contributed by atoms with Crippen LogP contribution in [-0.4, -0.2) is 31.0 Å². The van der Waals surface area contributed by atoms with Gasteiger partial charge in [0.1, 0.15) is 17.2 Å². The van der Waals surface area contributed by atoms with Crippen LogP contribution in [0, 0.1) is 0 Å². The van der Waals surface area contributed by atoms with E-state index in [0.717, 1.165) is 27.9 Å². The first-order valence-corrected chi connectivity index (χ1v) is 8.57. The number of nitrogens with zero attached hydrogens (tertiary/aromatic N) is 4. The highest BCUT2D eigenvalue weighted by atomic mass is 16.2. The number of rotatable bonds is 4. The molecular weight excluding hydrogens is 342 g/mol. The Morgan fingerprint density at radius 1 is 1.22 bits per heavy atom. The van der Waals surface area contributed by atoms with E-state index in [-0.39, 0.29) is 12.1 Å². The number of nitrogens with one attached hydrogen (secondary N) is 3. The third kappa shape index (κ3) is 3.50. The number of carbonyl (C=O) groups excluding carboxylic acids is 1. The normalized spacial score (nSPS) is 12.1. The molecular formula is C19H19N7O. The minimum absolute atomic E-state index is 0.113. The van der Waals surface area contributed by atoms with Crippen LogP contribution in [0.15, 0.2) is 54.9 Å². The average molecular weight is 361 g/mol. The number of anilines is 1. The van der Waals surface area contributed by atoms with E-state index in [1.54, 1.807) is 16.9 Å². The van der Waals surface area contributed by atoms with E-state index in [2.05, 4.69) is 30.9 Å². The molecule has 0 unspecified atom stereocenters. The predicted octanol–water partition coefficient (Wildman–Crippen LogP) is 3.24. The summed E-state index contributed by atoms with van der Waals surface area (Å²) >= 11 is 0. The number of H-pyrrole nitrogens is 1. The Labute approximate surface area is 155 Å². The number of urea groups is 1. The van der Waals surface area contributed by atoms with Crippen LogP contribution in [0.3, 0.4) is 0 Å². The van der Waals surface area contributed by atoms with Crippen molar-refractivity contribution in [2.24, 2.45) is 7.05 Å². The van der Waals surface area contributed by atoms with Gasteiger partial charge in [0, 0.05) is 30.9 Å². The van der Waals surface area contributed by atoms with Crippen molar-refractivity contribution < 1.29 is 4.79 Å². The number of carbonyl (C=O) groups is 1. The largest absolute Gasteiger partial charge is 0.331 e. The van der Waals surface area contributed by atoms with Crippen LogP contribution in [0.2, 0.25) is 0 Å². The van der Waals surface area contributed by atoms with E-state index in [1.807, 2.05) is 56.6 Å². The Balaban J connectivity index is 1.49. The van der Waals surface area contributed by atoms with Crippen molar-refractivity contribution in [3.8, 4) is 11.4 Å². The van der Waals surface area contributed by atoms with Crippen molar-refractivity contribution in [3.63, 3.8) is 0 Å². The zero-order valence-electron chi connectivity index (χ0n) is 15.0. The number of aromatic nitrogens is 5. The summed E-state index contributed by atoms with van der Waals surface area (Å²) in [6.07, 6.45) is 3.54. The Kier molecular flexibility index (Phi) is 4.29. The van der Waals surface area contributed by atoms with E-state index < -0.39 is 0 Å². The zero-order chi connectivity index (χ0) is 18.8. The highest BCUT2D eigenvalue weighted by Crippen LogP contribution is 2.25. The van der Waals surface area contributed by atoms with Gasteiger partial charge in [-0.2, -0.15) is 10.2 Å². The Hall–Kier alpha value is -3.68. The van der Waals surface area contributed by atoms with Gasteiger partial charge in [-0.05, 0) is 18.6 Å². The number of hydrogen-bond donors (Lipinski definition) is 3. The molecule has 3 aromatic heterocycles. The lowest BCUT2D eigenvalue weighted by molar-refractivity contribution is 0.249. The van der Waals surface area contributed by atoms with Crippen molar-refractivity contribution in [3.05, 3.63) is 60.4 Å². The first kappa shape index (κ1) is 16.8. The molecule has 0 fully saturated rings. The zero-order valence-corrected chi connectivity index (χ0v) is 15.0. The molecule has 1 atom stereocenters. The highest BCUT2D eigenvalue weighted by molar-refractivity contribution is 5.95. The second-order valence-electron chi connectivity index (χ2n) is 6.29. The SMILES string of the molecule is C[C@@H](NC(=O)Nc1cc2[nH]nc(-c3ccn(C)n3)c2cn1)c1ccccc1. The molecule has 4 aromatic rings. The lowest BCUT2D eigenvalue weighted by Crippen LogP contribution is -2.31. The fraction of sp³-hybridized carbons (Fsp3) is 0.158. The highest BCUT2D eigenvalue weighted by Gasteiger charge is 2.13. The van der Waals surface area contributed by atoms with E-state index in [0.29, 0.717) is 5.82 Å². The van der Waals surface area contributed by atoms with Gasteiger partial charge in [0.15, 0.2) is 0 Å². The number of aromatic amines is 1. The van der Waals surface area contributed by atoms with Gasteiger partial charge in [0.05, 0.1) is 11.6 Å². The van der Waals surface area contributed by atoms with Crippen LogP contribution < -0.4 is 10.6 Å². The van der Waals surface area contributed by atoms with Gasteiger partial charge in [-0.25, -0.2) is 9.78 Å². The molecule has 136 valence electrons. The van der Waals surface area contributed by atoms with Gasteiger partial charge in [0.2, 0.25) is 0 Å². The summed E-state index contributed by atoms with van der Waals surface area (Å²) in [6, 6.07) is 13.0. The number of hydrogen-bond acceptors (Lipinski definition) is 4. The van der Waals surface area contributed by atoms with Crippen molar-refractivity contribution in [2.45, 2.75) is 13.0 Å². The summed E-state index contributed by atoms with van der Waals surface area (Å²) in [4.78, 5) is 16.6. The first-order valence-electron chi connectivity index (χ1n) is 8.57. The topological polar surface area (TPSA) is 101 Å². The van der Waals surface area contributed by atoms with Crippen molar-refractivity contribution in [2.75, 3.05) is 5.32 Å². The standard InChI is InChI=1S/C19H19N7O/c1-12(13-6-4-3-5-7-13)21-19(27)22-17-10-16-14(11-20-17)18(24-23-16)15-8-9-26(2)25-15/h3-12H,1-2H3,(H,23,24)(H2,20,21,22,27)/t12-/m1/s1. The van der Waals surface area contributed by atoms with Gasteiger partial charge in [0.25, 0.3) is 0 Å².